The van der Waals surface area contributed by atoms with E-state index in [2.05, 4.69) is 31.2 Å². The first-order chi connectivity index (χ1) is 12.3. The van der Waals surface area contributed by atoms with Crippen molar-refractivity contribution in [1.82, 2.24) is 0 Å². The molecule has 0 aliphatic heterocycles. The topological polar surface area (TPSA) is 27.7 Å². The van der Waals surface area contributed by atoms with E-state index in [4.69, 9.17) is 25.3 Å². The first-order valence-corrected chi connectivity index (χ1v) is 9.71. The Labute approximate surface area is 159 Å². The van der Waals surface area contributed by atoms with E-state index in [1.807, 2.05) is 30.3 Å². The van der Waals surface area contributed by atoms with E-state index in [0.29, 0.717) is 32.3 Å². The Kier molecular flexibility index (Phi) is 10.0. The van der Waals surface area contributed by atoms with Crippen LogP contribution in [0.1, 0.15) is 17.5 Å². The summed E-state index contributed by atoms with van der Waals surface area (Å²) in [6.07, 6.45) is 0.736. The van der Waals surface area contributed by atoms with Gasteiger partial charge in [0.15, 0.2) is 0 Å². The van der Waals surface area contributed by atoms with E-state index in [9.17, 15) is 0 Å². The van der Waals surface area contributed by atoms with Gasteiger partial charge in [-0.05, 0) is 31.0 Å². The Morgan fingerprint density at radius 2 is 1.76 bits per heavy atom. The molecule has 1 unspecified atom stereocenters. The summed E-state index contributed by atoms with van der Waals surface area (Å²) in [4.78, 5) is 1.11. The van der Waals surface area contributed by atoms with Crippen LogP contribution < -0.4 is 0 Å². The highest BCUT2D eigenvalue weighted by atomic mass is 35.5. The summed E-state index contributed by atoms with van der Waals surface area (Å²) in [5, 5.41) is 0. The average Bonchev–Trinajstić information content (AvgIpc) is 2.65. The van der Waals surface area contributed by atoms with Gasteiger partial charge in [0, 0.05) is 23.5 Å². The molecule has 0 aliphatic carbocycles. The summed E-state index contributed by atoms with van der Waals surface area (Å²) in [7, 11) is 0. The molecule has 5 heteroatoms. The van der Waals surface area contributed by atoms with Gasteiger partial charge in [-0.2, -0.15) is 0 Å². The Morgan fingerprint density at radius 3 is 2.48 bits per heavy atom. The highest BCUT2D eigenvalue weighted by Crippen LogP contribution is 2.19. The second-order valence-electron chi connectivity index (χ2n) is 5.72. The van der Waals surface area contributed by atoms with Gasteiger partial charge in [-0.15, -0.1) is 11.6 Å². The number of hydrogen-bond donors (Lipinski definition) is 0. The van der Waals surface area contributed by atoms with Gasteiger partial charge in [0.1, 0.15) is 0 Å². The Bertz CT molecular complexity index is 577. The molecule has 0 N–H and O–H groups in total. The van der Waals surface area contributed by atoms with Gasteiger partial charge >= 0.3 is 0 Å². The summed E-state index contributed by atoms with van der Waals surface area (Å²) in [5.41, 5.74) is 2.40. The van der Waals surface area contributed by atoms with E-state index in [1.165, 1.54) is 17.6 Å². The van der Waals surface area contributed by atoms with Crippen LogP contribution in [0.15, 0.2) is 59.5 Å². The molecular formula is C20H25ClO3S. The fourth-order valence-electron chi connectivity index (χ4n) is 2.09. The molecule has 0 heterocycles. The molecule has 2 aromatic rings. The van der Waals surface area contributed by atoms with Crippen LogP contribution in [0.3, 0.4) is 0 Å². The number of aryl methyl sites for hydroxylation is 1. The third-order valence-corrected chi connectivity index (χ3v) is 4.58. The third-order valence-electron chi connectivity index (χ3n) is 3.49. The standard InChI is InChI=1S/C20H25ClO3S/c1-17-8-10-20(11-9-17)25-24-13-5-12-23-19(14-21)16-22-15-18-6-3-2-4-7-18/h2-4,6-11,19H,5,12-16H2,1H3. The first kappa shape index (κ1) is 20.3. The third kappa shape index (κ3) is 8.75. The van der Waals surface area contributed by atoms with Gasteiger partial charge in [-0.1, -0.05) is 48.0 Å². The zero-order chi connectivity index (χ0) is 17.7. The van der Waals surface area contributed by atoms with Gasteiger partial charge in [0.05, 0.1) is 31.8 Å². The maximum absolute atomic E-state index is 5.94. The van der Waals surface area contributed by atoms with Crippen LogP contribution in [0.4, 0.5) is 0 Å². The van der Waals surface area contributed by atoms with Crippen molar-refractivity contribution in [2.75, 3.05) is 25.7 Å². The van der Waals surface area contributed by atoms with Crippen LogP contribution in [0, 0.1) is 6.92 Å². The molecule has 0 radical (unpaired) electrons. The monoisotopic (exact) mass is 380 g/mol. The van der Waals surface area contributed by atoms with Crippen LogP contribution in [0.2, 0.25) is 0 Å². The van der Waals surface area contributed by atoms with Crippen molar-refractivity contribution in [3.8, 4) is 0 Å². The van der Waals surface area contributed by atoms with Gasteiger partial charge in [-0.3, -0.25) is 0 Å². The molecule has 0 fully saturated rings. The molecule has 0 aliphatic rings. The summed E-state index contributed by atoms with van der Waals surface area (Å²) in [6.45, 7) is 4.40. The number of halogens is 1. The SMILES string of the molecule is Cc1ccc(SOCCCOC(CCl)COCc2ccccc2)cc1. The summed E-state index contributed by atoms with van der Waals surface area (Å²) in [6, 6.07) is 18.4. The number of rotatable bonds is 12. The van der Waals surface area contributed by atoms with Crippen LogP contribution in [-0.4, -0.2) is 31.8 Å². The van der Waals surface area contributed by atoms with E-state index in [0.717, 1.165) is 16.9 Å². The summed E-state index contributed by atoms with van der Waals surface area (Å²) in [5.74, 6) is 0.424. The quantitative estimate of drug-likeness (QED) is 0.285. The molecule has 136 valence electrons. The first-order valence-electron chi connectivity index (χ1n) is 8.43. The zero-order valence-electron chi connectivity index (χ0n) is 14.5. The molecule has 1 atom stereocenters. The van der Waals surface area contributed by atoms with Gasteiger partial charge in [0.25, 0.3) is 0 Å². The Morgan fingerprint density at radius 1 is 1.00 bits per heavy atom. The second-order valence-corrected chi connectivity index (χ2v) is 6.90. The molecule has 25 heavy (non-hydrogen) atoms. The van der Waals surface area contributed by atoms with Crippen molar-refractivity contribution < 1.29 is 13.7 Å². The van der Waals surface area contributed by atoms with Crippen molar-refractivity contribution in [3.63, 3.8) is 0 Å². The van der Waals surface area contributed by atoms with Crippen LogP contribution >= 0.6 is 23.6 Å². The molecule has 2 aromatic carbocycles. The number of ether oxygens (including phenoxy) is 2. The number of hydrogen-bond acceptors (Lipinski definition) is 4. The van der Waals surface area contributed by atoms with E-state index in [1.54, 1.807) is 0 Å². The van der Waals surface area contributed by atoms with Crippen LogP contribution in [-0.2, 0) is 20.3 Å². The predicted octanol–water partition coefficient (Wildman–Crippen LogP) is 5.25. The summed E-state index contributed by atoms with van der Waals surface area (Å²) < 4.78 is 17.0. The van der Waals surface area contributed by atoms with Gasteiger partial charge < -0.3 is 13.7 Å². The highest BCUT2D eigenvalue weighted by molar-refractivity contribution is 7.94. The van der Waals surface area contributed by atoms with E-state index < -0.39 is 0 Å². The normalized spacial score (nSPS) is 12.2. The molecule has 3 nitrogen and oxygen atoms in total. The minimum Gasteiger partial charge on any atom is -0.374 e. The molecule has 0 bridgehead atoms. The molecule has 0 aromatic heterocycles. The lowest BCUT2D eigenvalue weighted by molar-refractivity contribution is -0.0128. The molecule has 0 saturated heterocycles. The lowest BCUT2D eigenvalue weighted by Crippen LogP contribution is -2.22. The van der Waals surface area contributed by atoms with Crippen molar-refractivity contribution in [1.29, 1.82) is 0 Å². The van der Waals surface area contributed by atoms with Crippen molar-refractivity contribution >= 4 is 23.6 Å². The van der Waals surface area contributed by atoms with E-state index >= 15 is 0 Å². The van der Waals surface area contributed by atoms with Crippen molar-refractivity contribution in [2.24, 2.45) is 0 Å². The maximum atomic E-state index is 5.94. The Balaban J connectivity index is 1.51. The van der Waals surface area contributed by atoms with Crippen molar-refractivity contribution in [2.45, 2.75) is 31.0 Å². The number of benzene rings is 2. The Hall–Kier alpha value is -1.04. The zero-order valence-corrected chi connectivity index (χ0v) is 16.1. The fourth-order valence-corrected chi connectivity index (χ4v) is 2.85. The largest absolute Gasteiger partial charge is 0.374 e. The second kappa shape index (κ2) is 12.3. The molecular weight excluding hydrogens is 356 g/mol. The van der Waals surface area contributed by atoms with Crippen LogP contribution in [0.5, 0.6) is 0 Å². The predicted molar refractivity (Wildman–Crippen MR) is 104 cm³/mol. The van der Waals surface area contributed by atoms with Crippen LogP contribution in [0.25, 0.3) is 0 Å². The molecule has 0 saturated carbocycles. The smallest absolute Gasteiger partial charge is 0.0943 e. The minimum absolute atomic E-state index is 0.0878. The summed E-state index contributed by atoms with van der Waals surface area (Å²) >= 11 is 7.34. The average molecular weight is 381 g/mol. The minimum atomic E-state index is -0.0878. The lowest BCUT2D eigenvalue weighted by atomic mass is 10.2. The molecule has 0 amide bonds. The number of alkyl halides is 1. The van der Waals surface area contributed by atoms with Crippen molar-refractivity contribution in [3.05, 3.63) is 65.7 Å². The maximum Gasteiger partial charge on any atom is 0.0943 e. The van der Waals surface area contributed by atoms with Gasteiger partial charge in [0.2, 0.25) is 0 Å². The molecule has 0 spiro atoms. The van der Waals surface area contributed by atoms with Gasteiger partial charge in [-0.25, -0.2) is 0 Å². The fraction of sp³-hybridized carbons (Fsp3) is 0.400. The van der Waals surface area contributed by atoms with E-state index in [-0.39, 0.29) is 6.10 Å². The highest BCUT2D eigenvalue weighted by Gasteiger charge is 2.08. The molecule has 2 rings (SSSR count). The lowest BCUT2D eigenvalue weighted by Gasteiger charge is -2.15.